The molecule has 112 valence electrons. The van der Waals surface area contributed by atoms with Crippen LogP contribution in [0.1, 0.15) is 23.1 Å². The van der Waals surface area contributed by atoms with Crippen molar-refractivity contribution in [3.8, 4) is 0 Å². The minimum absolute atomic E-state index is 0.132. The Morgan fingerprint density at radius 1 is 1.25 bits per heavy atom. The minimum atomic E-state index is -0.323. The van der Waals surface area contributed by atoms with E-state index in [1.165, 1.54) is 11.3 Å². The molecule has 3 N–H and O–H groups in total. The highest BCUT2D eigenvalue weighted by atomic mass is 32.1. The summed E-state index contributed by atoms with van der Waals surface area (Å²) in [6.07, 6.45) is 0.217. The molecule has 1 aromatic heterocycles. The highest BCUT2D eigenvalue weighted by molar-refractivity contribution is 7.17. The molecule has 1 rings (SSSR count). The zero-order valence-electron chi connectivity index (χ0n) is 11.6. The number of ether oxygens (including phenoxy) is 1. The number of nitrogens with one attached hydrogen (secondary N) is 3. The molecule has 0 atom stereocenters. The average molecular weight is 301 g/mol. The van der Waals surface area contributed by atoms with E-state index in [-0.39, 0.29) is 29.8 Å². The number of hydrogen-bond acceptors (Lipinski definition) is 7. The van der Waals surface area contributed by atoms with Crippen LogP contribution in [-0.4, -0.2) is 55.4 Å². The predicted molar refractivity (Wildman–Crippen MR) is 75.9 cm³/mol. The molecule has 1 aromatic rings. The molecule has 2 amide bonds. The molecule has 0 aliphatic heterocycles. The summed E-state index contributed by atoms with van der Waals surface area (Å²) in [6.45, 7) is 3.84. The minimum Gasteiger partial charge on any atom is -0.383 e. The van der Waals surface area contributed by atoms with Gasteiger partial charge in [0.1, 0.15) is 0 Å². The van der Waals surface area contributed by atoms with Gasteiger partial charge in [0.05, 0.1) is 6.61 Å². The van der Waals surface area contributed by atoms with E-state index in [9.17, 15) is 9.59 Å². The first-order valence-electron chi connectivity index (χ1n) is 6.28. The van der Waals surface area contributed by atoms with Crippen molar-refractivity contribution < 1.29 is 14.3 Å². The number of anilines is 1. The van der Waals surface area contributed by atoms with E-state index in [0.717, 1.165) is 6.54 Å². The Hall–Kier alpha value is -1.74. The van der Waals surface area contributed by atoms with Gasteiger partial charge in [-0.25, -0.2) is 0 Å². The lowest BCUT2D eigenvalue weighted by molar-refractivity contribution is -0.121. The van der Waals surface area contributed by atoms with Gasteiger partial charge in [-0.1, -0.05) is 11.3 Å². The second-order valence-corrected chi connectivity index (χ2v) is 4.77. The fourth-order valence-electron chi connectivity index (χ4n) is 1.28. The molecule has 0 radical (unpaired) electrons. The summed E-state index contributed by atoms with van der Waals surface area (Å²) in [6, 6.07) is 0. The Morgan fingerprint density at radius 2 is 2.05 bits per heavy atom. The number of carbonyl (C=O) groups is 2. The van der Waals surface area contributed by atoms with Gasteiger partial charge in [0.15, 0.2) is 0 Å². The van der Waals surface area contributed by atoms with Crippen LogP contribution in [0, 0.1) is 0 Å². The molecular weight excluding hydrogens is 282 g/mol. The van der Waals surface area contributed by atoms with Crippen molar-refractivity contribution >= 4 is 28.3 Å². The normalized spacial score (nSPS) is 10.1. The van der Waals surface area contributed by atoms with Crippen LogP contribution in [-0.2, 0) is 9.53 Å². The highest BCUT2D eigenvalue weighted by Crippen LogP contribution is 2.14. The molecule has 0 saturated carbocycles. The Labute approximate surface area is 121 Å². The molecular formula is C11H19N5O3S. The third kappa shape index (κ3) is 5.93. The Balaban J connectivity index is 2.23. The lowest BCUT2D eigenvalue weighted by atomic mass is 10.4. The lowest BCUT2D eigenvalue weighted by Crippen LogP contribution is -2.32. The maximum atomic E-state index is 11.7. The van der Waals surface area contributed by atoms with Crippen LogP contribution >= 0.6 is 11.3 Å². The van der Waals surface area contributed by atoms with Crippen molar-refractivity contribution in [3.63, 3.8) is 0 Å². The average Bonchev–Trinajstić information content (AvgIpc) is 2.88. The summed E-state index contributed by atoms with van der Waals surface area (Å²) in [7, 11) is 1.57. The van der Waals surface area contributed by atoms with Gasteiger partial charge >= 0.3 is 0 Å². The molecule has 0 aliphatic carbocycles. The first kappa shape index (κ1) is 16.3. The van der Waals surface area contributed by atoms with E-state index in [1.54, 1.807) is 7.11 Å². The SMILES string of the molecule is CCNc1nnc(C(=O)NCCC(=O)NCCOC)s1. The second kappa shape index (κ2) is 9.21. The van der Waals surface area contributed by atoms with E-state index >= 15 is 0 Å². The molecule has 0 unspecified atom stereocenters. The van der Waals surface area contributed by atoms with Crippen LogP contribution in [0.25, 0.3) is 0 Å². The second-order valence-electron chi connectivity index (χ2n) is 3.79. The fourth-order valence-corrected chi connectivity index (χ4v) is 2.01. The van der Waals surface area contributed by atoms with Gasteiger partial charge in [-0.2, -0.15) is 0 Å². The van der Waals surface area contributed by atoms with Crippen LogP contribution in [0.3, 0.4) is 0 Å². The van der Waals surface area contributed by atoms with Crippen LogP contribution in [0.5, 0.6) is 0 Å². The highest BCUT2D eigenvalue weighted by Gasteiger charge is 2.12. The number of rotatable bonds is 9. The lowest BCUT2D eigenvalue weighted by Gasteiger charge is -2.04. The van der Waals surface area contributed by atoms with E-state index in [0.29, 0.717) is 18.3 Å². The quantitative estimate of drug-likeness (QED) is 0.548. The van der Waals surface area contributed by atoms with Crippen LogP contribution in [0.15, 0.2) is 0 Å². The van der Waals surface area contributed by atoms with Crippen molar-refractivity contribution in [2.45, 2.75) is 13.3 Å². The van der Waals surface area contributed by atoms with Gasteiger partial charge in [-0.05, 0) is 6.92 Å². The van der Waals surface area contributed by atoms with Gasteiger partial charge in [-0.3, -0.25) is 9.59 Å². The van der Waals surface area contributed by atoms with E-state index < -0.39 is 0 Å². The fraction of sp³-hybridized carbons (Fsp3) is 0.636. The van der Waals surface area contributed by atoms with Crippen molar-refractivity contribution in [1.82, 2.24) is 20.8 Å². The van der Waals surface area contributed by atoms with Crippen molar-refractivity contribution in [2.24, 2.45) is 0 Å². The summed E-state index contributed by atoms with van der Waals surface area (Å²) < 4.78 is 4.81. The summed E-state index contributed by atoms with van der Waals surface area (Å²) in [5.74, 6) is -0.454. The van der Waals surface area contributed by atoms with Crippen LogP contribution < -0.4 is 16.0 Å². The molecule has 20 heavy (non-hydrogen) atoms. The van der Waals surface area contributed by atoms with E-state index in [1.807, 2.05) is 6.92 Å². The van der Waals surface area contributed by atoms with Gasteiger partial charge < -0.3 is 20.7 Å². The van der Waals surface area contributed by atoms with Crippen molar-refractivity contribution in [1.29, 1.82) is 0 Å². The summed E-state index contributed by atoms with van der Waals surface area (Å²) in [5.41, 5.74) is 0. The molecule has 0 fully saturated rings. The summed E-state index contributed by atoms with van der Waals surface area (Å²) >= 11 is 1.18. The predicted octanol–water partition coefficient (Wildman–Crippen LogP) is -0.148. The number of aromatic nitrogens is 2. The van der Waals surface area contributed by atoms with Crippen LogP contribution in [0.2, 0.25) is 0 Å². The number of carbonyl (C=O) groups excluding carboxylic acids is 2. The van der Waals surface area contributed by atoms with E-state index in [2.05, 4.69) is 26.1 Å². The van der Waals surface area contributed by atoms with Crippen molar-refractivity contribution in [3.05, 3.63) is 5.01 Å². The molecule has 0 bridgehead atoms. The number of nitrogens with zero attached hydrogens (tertiary/aromatic N) is 2. The molecule has 1 heterocycles. The monoisotopic (exact) mass is 301 g/mol. The largest absolute Gasteiger partial charge is 0.383 e. The summed E-state index contributed by atoms with van der Waals surface area (Å²) in [4.78, 5) is 23.1. The Kier molecular flexibility index (Phi) is 7.51. The zero-order valence-corrected chi connectivity index (χ0v) is 12.4. The number of amides is 2. The van der Waals surface area contributed by atoms with Gasteiger partial charge in [0.2, 0.25) is 16.0 Å². The number of hydrogen-bond donors (Lipinski definition) is 3. The van der Waals surface area contributed by atoms with Crippen molar-refractivity contribution in [2.75, 3.05) is 38.7 Å². The van der Waals surface area contributed by atoms with Gasteiger partial charge in [0.25, 0.3) is 5.91 Å². The maximum absolute atomic E-state index is 11.7. The standard InChI is InChI=1S/C11H19N5O3S/c1-3-12-11-16-15-10(20-11)9(18)14-5-4-8(17)13-6-7-19-2/h3-7H2,1-2H3,(H,12,16)(H,13,17)(H,14,18). The maximum Gasteiger partial charge on any atom is 0.282 e. The molecule has 9 heteroatoms. The van der Waals surface area contributed by atoms with E-state index in [4.69, 9.17) is 4.74 Å². The Morgan fingerprint density at radius 3 is 2.75 bits per heavy atom. The zero-order chi connectivity index (χ0) is 14.8. The number of methoxy groups -OCH3 is 1. The first-order valence-corrected chi connectivity index (χ1v) is 7.10. The van der Waals surface area contributed by atoms with Crippen LogP contribution in [0.4, 0.5) is 5.13 Å². The molecule has 0 spiro atoms. The third-order valence-electron chi connectivity index (χ3n) is 2.21. The van der Waals surface area contributed by atoms with Gasteiger partial charge in [-0.15, -0.1) is 10.2 Å². The molecule has 0 aromatic carbocycles. The molecule has 0 saturated heterocycles. The summed E-state index contributed by atoms with van der Waals surface area (Å²) in [5, 5.41) is 16.7. The third-order valence-corrected chi connectivity index (χ3v) is 3.09. The first-order chi connectivity index (χ1) is 9.67. The Bertz CT molecular complexity index is 437. The smallest absolute Gasteiger partial charge is 0.282 e. The topological polar surface area (TPSA) is 105 Å². The molecule has 8 nitrogen and oxygen atoms in total. The van der Waals surface area contributed by atoms with Gasteiger partial charge in [0, 0.05) is 33.2 Å². The molecule has 0 aliphatic rings.